The molecule has 1 aromatic rings. The minimum atomic E-state index is -1.50. The lowest BCUT2D eigenvalue weighted by Crippen LogP contribution is -2.49. The highest BCUT2D eigenvalue weighted by Gasteiger charge is 2.44. The number of benzene rings is 1. The first-order chi connectivity index (χ1) is 13.2. The van der Waals surface area contributed by atoms with Crippen molar-refractivity contribution in [2.75, 3.05) is 0 Å². The van der Waals surface area contributed by atoms with E-state index in [0.717, 1.165) is 5.56 Å². The number of hydrogen-bond acceptors (Lipinski definition) is 6. The number of carbonyl (C=O) groups is 2. The molecule has 2 atom stereocenters. The van der Waals surface area contributed by atoms with Gasteiger partial charge in [0.1, 0.15) is 17.3 Å². The smallest absolute Gasteiger partial charge is 0.323 e. The number of esters is 2. The molecule has 0 aliphatic heterocycles. The maximum absolute atomic E-state index is 12.8. The number of aliphatic hydroxyl groups excluding tert-OH is 1. The zero-order valence-corrected chi connectivity index (χ0v) is 18.9. The third kappa shape index (κ3) is 8.96. The molecule has 6 heteroatoms. The Labute approximate surface area is 174 Å². The van der Waals surface area contributed by atoms with Gasteiger partial charge in [0.2, 0.25) is 0 Å². The Hall–Kier alpha value is -1.92. The van der Waals surface area contributed by atoms with Crippen molar-refractivity contribution in [3.63, 3.8) is 0 Å². The molecule has 1 N–H and O–H groups in total. The summed E-state index contributed by atoms with van der Waals surface area (Å²) in [5.41, 5.74) is -0.693. The molecule has 0 aliphatic carbocycles. The van der Waals surface area contributed by atoms with Gasteiger partial charge in [-0.3, -0.25) is 9.59 Å². The zero-order valence-electron chi connectivity index (χ0n) is 18.9. The van der Waals surface area contributed by atoms with E-state index in [0.29, 0.717) is 0 Å². The van der Waals surface area contributed by atoms with E-state index in [2.05, 4.69) is 0 Å². The van der Waals surface area contributed by atoms with Crippen LogP contribution >= 0.6 is 0 Å². The van der Waals surface area contributed by atoms with Crippen molar-refractivity contribution in [3.8, 4) is 0 Å². The highest BCUT2D eigenvalue weighted by molar-refractivity contribution is 5.96. The van der Waals surface area contributed by atoms with Crippen LogP contribution in [-0.2, 0) is 30.4 Å². The second-order valence-electron chi connectivity index (χ2n) is 9.54. The summed E-state index contributed by atoms with van der Waals surface area (Å²) in [6.45, 7) is 14.2. The summed E-state index contributed by atoms with van der Waals surface area (Å²) in [7, 11) is 0. The predicted molar refractivity (Wildman–Crippen MR) is 111 cm³/mol. The molecule has 0 amide bonds. The molecule has 164 valence electrons. The Kier molecular flexibility index (Phi) is 8.84. The predicted octanol–water partition coefficient (Wildman–Crippen LogP) is 3.89. The number of aliphatic hydroxyl groups is 1. The van der Waals surface area contributed by atoms with E-state index >= 15 is 0 Å². The van der Waals surface area contributed by atoms with Crippen LogP contribution in [0.1, 0.15) is 61.0 Å². The van der Waals surface area contributed by atoms with Gasteiger partial charge in [-0.1, -0.05) is 44.2 Å². The standard InChI is InChI=1S/C23H36O6/c1-15(2)19(27-14-16-12-10-9-11-13-16)18(24)17(20(25)28-22(3,4)5)21(26)29-23(6,7)8/h9-13,15,17-19,24H,14H2,1-8H3/t18-,19+/m1/s1. The Balaban J connectivity index is 3.10. The first kappa shape index (κ1) is 25.1. The molecule has 0 unspecified atom stereocenters. The summed E-state index contributed by atoms with van der Waals surface area (Å²) in [5.74, 6) is -3.31. The van der Waals surface area contributed by atoms with Crippen LogP contribution in [0, 0.1) is 11.8 Å². The van der Waals surface area contributed by atoms with E-state index in [-0.39, 0.29) is 12.5 Å². The maximum atomic E-state index is 12.8. The van der Waals surface area contributed by atoms with Crippen molar-refractivity contribution in [2.45, 2.75) is 85.4 Å². The van der Waals surface area contributed by atoms with Gasteiger partial charge in [0, 0.05) is 0 Å². The van der Waals surface area contributed by atoms with E-state index in [4.69, 9.17) is 14.2 Å². The summed E-state index contributed by atoms with van der Waals surface area (Å²) in [6.07, 6.45) is -2.18. The van der Waals surface area contributed by atoms with E-state index in [1.807, 2.05) is 44.2 Å². The Morgan fingerprint density at radius 1 is 0.897 bits per heavy atom. The third-order valence-electron chi connectivity index (χ3n) is 3.94. The molecule has 1 rings (SSSR count). The van der Waals surface area contributed by atoms with Crippen LogP contribution in [0.15, 0.2) is 30.3 Å². The largest absolute Gasteiger partial charge is 0.459 e. The average molecular weight is 409 g/mol. The van der Waals surface area contributed by atoms with Crippen LogP contribution in [0.3, 0.4) is 0 Å². The summed E-state index contributed by atoms with van der Waals surface area (Å²) in [6, 6.07) is 9.50. The lowest BCUT2D eigenvalue weighted by molar-refractivity contribution is -0.187. The fourth-order valence-electron chi connectivity index (χ4n) is 2.75. The molecule has 0 aromatic heterocycles. The van der Waals surface area contributed by atoms with Crippen LogP contribution in [0.25, 0.3) is 0 Å². The number of rotatable bonds is 8. The highest BCUT2D eigenvalue weighted by Crippen LogP contribution is 2.25. The lowest BCUT2D eigenvalue weighted by Gasteiger charge is -2.33. The highest BCUT2D eigenvalue weighted by atomic mass is 16.6. The molecule has 6 nitrogen and oxygen atoms in total. The molecule has 1 aromatic carbocycles. The average Bonchev–Trinajstić information content (AvgIpc) is 2.52. The minimum absolute atomic E-state index is 0.152. The molecule has 0 saturated heterocycles. The Morgan fingerprint density at radius 3 is 1.72 bits per heavy atom. The van der Waals surface area contributed by atoms with Crippen LogP contribution in [0.2, 0.25) is 0 Å². The normalized spacial score (nSPS) is 14.6. The molecule has 0 heterocycles. The Morgan fingerprint density at radius 2 is 1.34 bits per heavy atom. The first-order valence-corrected chi connectivity index (χ1v) is 10.0. The van der Waals surface area contributed by atoms with Crippen molar-refractivity contribution in [2.24, 2.45) is 11.8 Å². The van der Waals surface area contributed by atoms with Gasteiger partial charge in [0.25, 0.3) is 0 Å². The molecule has 29 heavy (non-hydrogen) atoms. The third-order valence-corrected chi connectivity index (χ3v) is 3.94. The van der Waals surface area contributed by atoms with Gasteiger partial charge in [-0.05, 0) is 53.0 Å². The van der Waals surface area contributed by atoms with Gasteiger partial charge in [-0.25, -0.2) is 0 Å². The SMILES string of the molecule is CC(C)[C@H](OCc1ccccc1)[C@H](O)C(C(=O)OC(C)(C)C)C(=O)OC(C)(C)C. The van der Waals surface area contributed by atoms with Gasteiger partial charge in [-0.15, -0.1) is 0 Å². The van der Waals surface area contributed by atoms with Gasteiger partial charge in [0.15, 0.2) is 5.92 Å². The van der Waals surface area contributed by atoms with Crippen molar-refractivity contribution in [1.29, 1.82) is 0 Å². The van der Waals surface area contributed by atoms with Crippen LogP contribution < -0.4 is 0 Å². The maximum Gasteiger partial charge on any atom is 0.323 e. The van der Waals surface area contributed by atoms with Crippen LogP contribution in [-0.4, -0.2) is 40.5 Å². The number of carbonyl (C=O) groups excluding carboxylic acids is 2. The molecule has 0 radical (unpaired) electrons. The molecular formula is C23H36O6. The quantitative estimate of drug-likeness (QED) is 0.519. The van der Waals surface area contributed by atoms with Crippen molar-refractivity contribution in [1.82, 2.24) is 0 Å². The van der Waals surface area contributed by atoms with Crippen molar-refractivity contribution in [3.05, 3.63) is 35.9 Å². The van der Waals surface area contributed by atoms with Gasteiger partial charge in [0.05, 0.1) is 12.7 Å². The van der Waals surface area contributed by atoms with Crippen LogP contribution in [0.5, 0.6) is 0 Å². The summed E-state index contributed by atoms with van der Waals surface area (Å²) in [5, 5.41) is 11.0. The molecular weight excluding hydrogens is 372 g/mol. The second-order valence-corrected chi connectivity index (χ2v) is 9.54. The topological polar surface area (TPSA) is 82.1 Å². The van der Waals surface area contributed by atoms with Crippen molar-refractivity contribution < 1.29 is 28.9 Å². The molecule has 0 aliphatic rings. The Bertz CT molecular complexity index is 626. The summed E-state index contributed by atoms with van der Waals surface area (Å²) < 4.78 is 16.7. The first-order valence-electron chi connectivity index (χ1n) is 10.0. The minimum Gasteiger partial charge on any atom is -0.459 e. The van der Waals surface area contributed by atoms with Crippen LogP contribution in [0.4, 0.5) is 0 Å². The van der Waals surface area contributed by atoms with Gasteiger partial charge < -0.3 is 19.3 Å². The zero-order chi connectivity index (χ0) is 22.4. The second kappa shape index (κ2) is 10.2. The number of hydrogen-bond donors (Lipinski definition) is 1. The molecule has 0 saturated carbocycles. The fraction of sp³-hybridized carbons (Fsp3) is 0.652. The van der Waals surface area contributed by atoms with E-state index < -0.39 is 41.3 Å². The monoisotopic (exact) mass is 408 g/mol. The summed E-state index contributed by atoms with van der Waals surface area (Å²) in [4.78, 5) is 25.6. The molecule has 0 fully saturated rings. The van der Waals surface area contributed by atoms with Gasteiger partial charge >= 0.3 is 11.9 Å². The molecule has 0 spiro atoms. The van der Waals surface area contributed by atoms with E-state index in [1.165, 1.54) is 0 Å². The summed E-state index contributed by atoms with van der Waals surface area (Å²) >= 11 is 0. The van der Waals surface area contributed by atoms with E-state index in [9.17, 15) is 14.7 Å². The van der Waals surface area contributed by atoms with Gasteiger partial charge in [-0.2, -0.15) is 0 Å². The molecule has 0 bridgehead atoms. The number of ether oxygens (including phenoxy) is 3. The van der Waals surface area contributed by atoms with Crippen molar-refractivity contribution >= 4 is 11.9 Å². The fourth-order valence-corrected chi connectivity index (χ4v) is 2.75. The lowest BCUT2D eigenvalue weighted by atomic mass is 9.90. The van der Waals surface area contributed by atoms with E-state index in [1.54, 1.807) is 41.5 Å².